The molecule has 7 heteroatoms. The number of nitrogens with zero attached hydrogens (tertiary/aromatic N) is 1. The zero-order chi connectivity index (χ0) is 21.4. The van der Waals surface area contributed by atoms with Gasteiger partial charge in [0.05, 0.1) is 0 Å². The van der Waals surface area contributed by atoms with Crippen molar-refractivity contribution >= 4 is 23.4 Å². The number of benzene rings is 2. The van der Waals surface area contributed by atoms with Gasteiger partial charge in [-0.25, -0.2) is 4.39 Å². The monoisotopic (exact) mass is 420 g/mol. The lowest BCUT2D eigenvalue weighted by molar-refractivity contribution is -0.142. The Balaban J connectivity index is 2.19. The minimum atomic E-state index is -0.650. The second kappa shape index (κ2) is 10.8. The molecule has 2 amide bonds. The van der Waals surface area contributed by atoms with Crippen molar-refractivity contribution in [3.05, 3.63) is 64.4 Å². The summed E-state index contributed by atoms with van der Waals surface area (Å²) in [5.41, 5.74) is 1.57. The molecule has 2 aromatic rings. The molecule has 0 aliphatic heterocycles. The number of ether oxygens (including phenoxy) is 1. The van der Waals surface area contributed by atoms with E-state index in [0.717, 1.165) is 11.1 Å². The fourth-order valence-corrected chi connectivity index (χ4v) is 3.05. The van der Waals surface area contributed by atoms with Gasteiger partial charge < -0.3 is 15.0 Å². The molecular weight excluding hydrogens is 395 g/mol. The molecule has 0 aliphatic carbocycles. The number of carbonyl (C=O) groups is 2. The maximum Gasteiger partial charge on any atom is 0.261 e. The highest BCUT2D eigenvalue weighted by molar-refractivity contribution is 6.31. The van der Waals surface area contributed by atoms with Gasteiger partial charge in [-0.3, -0.25) is 9.59 Å². The summed E-state index contributed by atoms with van der Waals surface area (Å²) in [5, 5.41) is 3.38. The van der Waals surface area contributed by atoms with E-state index in [1.807, 2.05) is 20.8 Å². The lowest BCUT2D eigenvalue weighted by Gasteiger charge is -2.30. The van der Waals surface area contributed by atoms with E-state index in [0.29, 0.717) is 23.7 Å². The van der Waals surface area contributed by atoms with Crippen LogP contribution >= 0.6 is 11.6 Å². The second-order valence-electron chi connectivity index (χ2n) is 6.67. The van der Waals surface area contributed by atoms with Crippen LogP contribution in [0.5, 0.6) is 5.75 Å². The summed E-state index contributed by atoms with van der Waals surface area (Å²) in [6, 6.07) is 10.4. The fourth-order valence-electron chi connectivity index (χ4n) is 2.93. The normalized spacial score (nSPS) is 11.6. The van der Waals surface area contributed by atoms with Gasteiger partial charge in [-0.05, 0) is 61.7 Å². The summed E-state index contributed by atoms with van der Waals surface area (Å²) >= 11 is 6.02. The highest BCUT2D eigenvalue weighted by atomic mass is 35.5. The summed E-state index contributed by atoms with van der Waals surface area (Å²) in [7, 11) is 0. The summed E-state index contributed by atoms with van der Waals surface area (Å²) in [4.78, 5) is 26.9. The molecule has 156 valence electrons. The zero-order valence-electron chi connectivity index (χ0n) is 16.9. The lowest BCUT2D eigenvalue weighted by Crippen LogP contribution is -2.50. The molecule has 2 aromatic carbocycles. The van der Waals surface area contributed by atoms with Crippen molar-refractivity contribution in [2.45, 2.75) is 39.8 Å². The van der Waals surface area contributed by atoms with E-state index < -0.39 is 6.04 Å². The molecule has 1 unspecified atom stereocenters. The third kappa shape index (κ3) is 6.46. The van der Waals surface area contributed by atoms with Crippen LogP contribution in [0.3, 0.4) is 0 Å². The molecule has 2 rings (SSSR count). The van der Waals surface area contributed by atoms with Gasteiger partial charge in [0.2, 0.25) is 5.91 Å². The molecule has 5 nitrogen and oxygen atoms in total. The SMILES string of the molecule is CCNC(=O)C(CC)N(Cc1ccc(F)cc1)C(=O)COc1ccc(Cl)c(C)c1. The topological polar surface area (TPSA) is 58.6 Å². The van der Waals surface area contributed by atoms with E-state index in [-0.39, 0.29) is 30.8 Å². The average molecular weight is 421 g/mol. The largest absolute Gasteiger partial charge is 0.484 e. The molecule has 0 heterocycles. The van der Waals surface area contributed by atoms with Gasteiger partial charge in [0, 0.05) is 18.1 Å². The second-order valence-corrected chi connectivity index (χ2v) is 7.07. The van der Waals surface area contributed by atoms with Gasteiger partial charge in [-0.15, -0.1) is 0 Å². The van der Waals surface area contributed by atoms with Gasteiger partial charge >= 0.3 is 0 Å². The molecule has 1 N–H and O–H groups in total. The third-order valence-electron chi connectivity index (χ3n) is 4.49. The van der Waals surface area contributed by atoms with Crippen molar-refractivity contribution in [3.63, 3.8) is 0 Å². The smallest absolute Gasteiger partial charge is 0.261 e. The van der Waals surface area contributed by atoms with Crippen molar-refractivity contribution in [3.8, 4) is 5.75 Å². The van der Waals surface area contributed by atoms with Crippen LogP contribution in [0.4, 0.5) is 4.39 Å². The van der Waals surface area contributed by atoms with Crippen molar-refractivity contribution in [1.29, 1.82) is 0 Å². The van der Waals surface area contributed by atoms with E-state index in [2.05, 4.69) is 5.32 Å². The molecule has 29 heavy (non-hydrogen) atoms. The molecule has 0 aliphatic rings. The summed E-state index contributed by atoms with van der Waals surface area (Å²) in [6.07, 6.45) is 0.443. The average Bonchev–Trinajstić information content (AvgIpc) is 2.70. The van der Waals surface area contributed by atoms with Crippen molar-refractivity contribution in [2.24, 2.45) is 0 Å². The van der Waals surface area contributed by atoms with E-state index in [9.17, 15) is 14.0 Å². The number of amides is 2. The van der Waals surface area contributed by atoms with Crippen LogP contribution in [-0.2, 0) is 16.1 Å². The molecular formula is C22H26ClFN2O3. The van der Waals surface area contributed by atoms with Crippen molar-refractivity contribution in [1.82, 2.24) is 10.2 Å². The number of carbonyl (C=O) groups excluding carboxylic acids is 2. The molecule has 0 bridgehead atoms. The van der Waals surface area contributed by atoms with Gasteiger partial charge in [-0.1, -0.05) is 30.7 Å². The van der Waals surface area contributed by atoms with Gasteiger partial charge in [0.15, 0.2) is 6.61 Å². The minimum absolute atomic E-state index is 0.178. The highest BCUT2D eigenvalue weighted by Crippen LogP contribution is 2.21. The Morgan fingerprint density at radius 2 is 1.86 bits per heavy atom. The van der Waals surface area contributed by atoms with Gasteiger partial charge in [0.25, 0.3) is 5.91 Å². The van der Waals surface area contributed by atoms with Crippen LogP contribution in [0, 0.1) is 12.7 Å². The first kappa shape index (κ1) is 22.7. The van der Waals surface area contributed by atoms with Crippen LogP contribution in [0.2, 0.25) is 5.02 Å². The number of hydrogen-bond donors (Lipinski definition) is 1. The minimum Gasteiger partial charge on any atom is -0.484 e. The van der Waals surface area contributed by atoms with Crippen molar-refractivity contribution in [2.75, 3.05) is 13.2 Å². The molecule has 0 fully saturated rings. The van der Waals surface area contributed by atoms with Gasteiger partial charge in [-0.2, -0.15) is 0 Å². The number of aryl methyl sites for hydroxylation is 1. The number of likely N-dealkylation sites (N-methyl/N-ethyl adjacent to an activating group) is 1. The maximum absolute atomic E-state index is 13.2. The van der Waals surface area contributed by atoms with Crippen LogP contribution in [0.1, 0.15) is 31.4 Å². The Labute approximate surface area is 175 Å². The Hall–Kier alpha value is -2.60. The van der Waals surface area contributed by atoms with Crippen LogP contribution < -0.4 is 10.1 Å². The molecule has 1 atom stereocenters. The molecule has 0 saturated heterocycles. The Morgan fingerprint density at radius 1 is 1.17 bits per heavy atom. The zero-order valence-corrected chi connectivity index (χ0v) is 17.6. The third-order valence-corrected chi connectivity index (χ3v) is 4.92. The van der Waals surface area contributed by atoms with E-state index in [1.54, 1.807) is 30.3 Å². The first-order valence-electron chi connectivity index (χ1n) is 9.56. The summed E-state index contributed by atoms with van der Waals surface area (Å²) < 4.78 is 18.9. The fraction of sp³-hybridized carbons (Fsp3) is 0.364. The lowest BCUT2D eigenvalue weighted by atomic mass is 10.1. The molecule has 0 spiro atoms. The molecule has 0 saturated carbocycles. The van der Waals surface area contributed by atoms with E-state index in [1.165, 1.54) is 17.0 Å². The first-order valence-corrected chi connectivity index (χ1v) is 9.94. The molecule has 0 aromatic heterocycles. The number of rotatable bonds is 9. The summed E-state index contributed by atoms with van der Waals surface area (Å²) in [6.45, 7) is 5.93. The maximum atomic E-state index is 13.2. The highest BCUT2D eigenvalue weighted by Gasteiger charge is 2.28. The van der Waals surface area contributed by atoms with Crippen molar-refractivity contribution < 1.29 is 18.7 Å². The first-order chi connectivity index (χ1) is 13.8. The Bertz CT molecular complexity index is 842. The number of nitrogens with one attached hydrogen (secondary N) is 1. The predicted octanol–water partition coefficient (Wildman–Crippen LogP) is 4.11. The quantitative estimate of drug-likeness (QED) is 0.664. The predicted molar refractivity (Wildman–Crippen MR) is 111 cm³/mol. The summed E-state index contributed by atoms with van der Waals surface area (Å²) in [5.74, 6) is -0.398. The van der Waals surface area contributed by atoms with Crippen LogP contribution in [0.25, 0.3) is 0 Å². The molecule has 0 radical (unpaired) electrons. The number of halogens is 2. The van der Waals surface area contributed by atoms with Gasteiger partial charge in [0.1, 0.15) is 17.6 Å². The van der Waals surface area contributed by atoms with Crippen LogP contribution in [-0.4, -0.2) is 35.9 Å². The van der Waals surface area contributed by atoms with Crippen LogP contribution in [0.15, 0.2) is 42.5 Å². The number of hydrogen-bond acceptors (Lipinski definition) is 3. The van der Waals surface area contributed by atoms with E-state index in [4.69, 9.17) is 16.3 Å². The standard InChI is InChI=1S/C22H26ClFN2O3/c1-4-20(22(28)25-5-2)26(13-16-6-8-17(24)9-7-16)21(27)14-29-18-10-11-19(23)15(3)12-18/h6-12,20H,4-5,13-14H2,1-3H3,(H,25,28). The Kier molecular flexibility index (Phi) is 8.46. The Morgan fingerprint density at radius 3 is 2.45 bits per heavy atom. The van der Waals surface area contributed by atoms with E-state index >= 15 is 0 Å².